The number of anilines is 2. The van der Waals surface area contributed by atoms with Crippen molar-refractivity contribution in [2.75, 3.05) is 31.5 Å². The Bertz CT molecular complexity index is 1180. The number of rotatable bonds is 9. The number of benzene rings is 3. The van der Waals surface area contributed by atoms with Crippen molar-refractivity contribution in [3.8, 4) is 17.2 Å². The molecule has 0 spiro atoms. The molecule has 0 aromatic heterocycles. The van der Waals surface area contributed by atoms with Crippen LogP contribution in [0.15, 0.2) is 66.7 Å². The number of carbonyl (C=O) groups is 3. The van der Waals surface area contributed by atoms with Crippen molar-refractivity contribution in [1.29, 1.82) is 0 Å². The van der Waals surface area contributed by atoms with Gasteiger partial charge in [-0.05, 0) is 73.2 Å². The summed E-state index contributed by atoms with van der Waals surface area (Å²) in [6.45, 7) is 1.88. The van der Waals surface area contributed by atoms with Crippen molar-refractivity contribution >= 4 is 29.3 Å². The SMILES string of the molecule is CCOC(=O)Oc1ccc(C(=O)Nc2ccc(NC(=O)Cc3ccc(OC)c(OC)c3)cc2)cc1. The maximum atomic E-state index is 12.5. The molecule has 0 bridgehead atoms. The predicted molar refractivity (Wildman–Crippen MR) is 130 cm³/mol. The summed E-state index contributed by atoms with van der Waals surface area (Å²) in [5, 5.41) is 5.60. The van der Waals surface area contributed by atoms with Crippen LogP contribution in [0.2, 0.25) is 0 Å². The average molecular weight is 479 g/mol. The van der Waals surface area contributed by atoms with E-state index in [0.717, 1.165) is 5.56 Å². The zero-order valence-electron chi connectivity index (χ0n) is 19.6. The van der Waals surface area contributed by atoms with Crippen molar-refractivity contribution in [3.05, 3.63) is 77.9 Å². The van der Waals surface area contributed by atoms with Crippen LogP contribution in [0.4, 0.5) is 16.2 Å². The highest BCUT2D eigenvalue weighted by atomic mass is 16.7. The van der Waals surface area contributed by atoms with E-state index in [4.69, 9.17) is 18.9 Å². The molecule has 0 saturated carbocycles. The second-order valence-corrected chi connectivity index (χ2v) is 7.26. The van der Waals surface area contributed by atoms with Gasteiger partial charge in [0.25, 0.3) is 5.91 Å². The fraction of sp³-hybridized carbons (Fsp3) is 0.192. The molecule has 0 atom stereocenters. The van der Waals surface area contributed by atoms with Crippen LogP contribution in [0.25, 0.3) is 0 Å². The van der Waals surface area contributed by atoms with E-state index in [1.807, 2.05) is 0 Å². The normalized spacial score (nSPS) is 10.1. The van der Waals surface area contributed by atoms with Crippen molar-refractivity contribution in [2.24, 2.45) is 0 Å². The lowest BCUT2D eigenvalue weighted by Crippen LogP contribution is -2.15. The number of ether oxygens (including phenoxy) is 4. The van der Waals surface area contributed by atoms with Gasteiger partial charge in [0.15, 0.2) is 11.5 Å². The largest absolute Gasteiger partial charge is 0.513 e. The number of nitrogens with one attached hydrogen (secondary N) is 2. The second kappa shape index (κ2) is 12.1. The molecule has 0 aliphatic carbocycles. The minimum Gasteiger partial charge on any atom is -0.493 e. The highest BCUT2D eigenvalue weighted by Gasteiger charge is 2.11. The summed E-state index contributed by atoms with van der Waals surface area (Å²) in [4.78, 5) is 36.3. The molecule has 2 amide bonds. The van der Waals surface area contributed by atoms with Gasteiger partial charge in [0, 0.05) is 16.9 Å². The molecule has 0 saturated heterocycles. The monoisotopic (exact) mass is 478 g/mol. The molecule has 3 aromatic rings. The van der Waals surface area contributed by atoms with Crippen molar-refractivity contribution in [1.82, 2.24) is 0 Å². The quantitative estimate of drug-likeness (QED) is 0.339. The first-order valence-corrected chi connectivity index (χ1v) is 10.8. The van der Waals surface area contributed by atoms with Crippen molar-refractivity contribution in [2.45, 2.75) is 13.3 Å². The minimum absolute atomic E-state index is 0.161. The highest BCUT2D eigenvalue weighted by Crippen LogP contribution is 2.28. The Morgan fingerprint density at radius 3 is 2.00 bits per heavy atom. The first-order valence-electron chi connectivity index (χ1n) is 10.8. The Balaban J connectivity index is 1.53. The van der Waals surface area contributed by atoms with Gasteiger partial charge in [-0.15, -0.1) is 0 Å². The summed E-state index contributed by atoms with van der Waals surface area (Å²) < 4.78 is 20.2. The Hall–Kier alpha value is -4.53. The Morgan fingerprint density at radius 2 is 1.40 bits per heavy atom. The van der Waals surface area contributed by atoms with E-state index in [2.05, 4.69) is 10.6 Å². The van der Waals surface area contributed by atoms with Crippen LogP contribution in [0.3, 0.4) is 0 Å². The molecule has 9 heteroatoms. The third-order valence-corrected chi connectivity index (χ3v) is 4.82. The van der Waals surface area contributed by atoms with E-state index in [-0.39, 0.29) is 30.6 Å². The summed E-state index contributed by atoms with van der Waals surface area (Å²) in [5.74, 6) is 0.888. The van der Waals surface area contributed by atoms with Crippen LogP contribution in [0.5, 0.6) is 17.2 Å². The molecule has 0 aliphatic heterocycles. The molecule has 0 fully saturated rings. The number of hydrogen-bond acceptors (Lipinski definition) is 7. The van der Waals surface area contributed by atoms with Gasteiger partial charge in [0.05, 0.1) is 27.2 Å². The third-order valence-electron chi connectivity index (χ3n) is 4.82. The number of hydrogen-bond donors (Lipinski definition) is 2. The Morgan fingerprint density at radius 1 is 0.771 bits per heavy atom. The lowest BCUT2D eigenvalue weighted by molar-refractivity contribution is -0.115. The predicted octanol–water partition coefficient (Wildman–Crippen LogP) is 4.67. The smallest absolute Gasteiger partial charge is 0.493 e. The average Bonchev–Trinajstić information content (AvgIpc) is 2.85. The van der Waals surface area contributed by atoms with Gasteiger partial charge in [0.2, 0.25) is 5.91 Å². The number of carbonyl (C=O) groups excluding carboxylic acids is 3. The maximum absolute atomic E-state index is 12.5. The maximum Gasteiger partial charge on any atom is 0.513 e. The third kappa shape index (κ3) is 7.23. The molecule has 2 N–H and O–H groups in total. The molecule has 35 heavy (non-hydrogen) atoms. The first-order chi connectivity index (χ1) is 16.9. The van der Waals surface area contributed by atoms with E-state index < -0.39 is 6.16 Å². The number of methoxy groups -OCH3 is 2. The lowest BCUT2D eigenvalue weighted by Gasteiger charge is -2.10. The highest BCUT2D eigenvalue weighted by molar-refractivity contribution is 6.04. The molecular weight excluding hydrogens is 452 g/mol. The van der Waals surface area contributed by atoms with Crippen LogP contribution in [0.1, 0.15) is 22.8 Å². The fourth-order valence-corrected chi connectivity index (χ4v) is 3.14. The molecule has 182 valence electrons. The van der Waals surface area contributed by atoms with Crippen LogP contribution >= 0.6 is 0 Å². The molecule has 0 aliphatic rings. The fourth-order valence-electron chi connectivity index (χ4n) is 3.14. The van der Waals surface area contributed by atoms with Gasteiger partial charge < -0.3 is 29.6 Å². The lowest BCUT2D eigenvalue weighted by atomic mass is 10.1. The molecule has 0 heterocycles. The van der Waals surface area contributed by atoms with Gasteiger partial charge in [0.1, 0.15) is 5.75 Å². The molecule has 3 rings (SSSR count). The molecule has 0 radical (unpaired) electrons. The van der Waals surface area contributed by atoms with E-state index >= 15 is 0 Å². The van der Waals surface area contributed by atoms with E-state index in [1.165, 1.54) is 31.4 Å². The van der Waals surface area contributed by atoms with Gasteiger partial charge in [-0.25, -0.2) is 4.79 Å². The van der Waals surface area contributed by atoms with Gasteiger partial charge in [-0.1, -0.05) is 6.07 Å². The molecule has 0 unspecified atom stereocenters. The Kier molecular flexibility index (Phi) is 8.66. The summed E-state index contributed by atoms with van der Waals surface area (Å²) in [5.41, 5.74) is 2.31. The van der Waals surface area contributed by atoms with Gasteiger partial charge in [-0.3, -0.25) is 9.59 Å². The summed E-state index contributed by atoms with van der Waals surface area (Å²) in [6, 6.07) is 18.1. The van der Waals surface area contributed by atoms with Crippen molar-refractivity contribution < 1.29 is 33.3 Å². The van der Waals surface area contributed by atoms with Crippen LogP contribution in [0, 0.1) is 0 Å². The van der Waals surface area contributed by atoms with E-state index in [9.17, 15) is 14.4 Å². The van der Waals surface area contributed by atoms with E-state index in [0.29, 0.717) is 28.4 Å². The van der Waals surface area contributed by atoms with Gasteiger partial charge in [-0.2, -0.15) is 0 Å². The van der Waals surface area contributed by atoms with E-state index in [1.54, 1.807) is 56.5 Å². The molecule has 3 aromatic carbocycles. The summed E-state index contributed by atoms with van der Waals surface area (Å²) in [6.07, 6.45) is -0.644. The summed E-state index contributed by atoms with van der Waals surface area (Å²) >= 11 is 0. The van der Waals surface area contributed by atoms with Crippen LogP contribution in [-0.2, 0) is 16.0 Å². The van der Waals surface area contributed by atoms with Crippen LogP contribution in [-0.4, -0.2) is 38.8 Å². The molecular formula is C26H26N2O7. The topological polar surface area (TPSA) is 112 Å². The van der Waals surface area contributed by atoms with Crippen molar-refractivity contribution in [3.63, 3.8) is 0 Å². The van der Waals surface area contributed by atoms with Gasteiger partial charge >= 0.3 is 6.16 Å². The standard InChI is InChI=1S/C26H26N2O7/c1-4-34-26(31)35-21-12-6-18(7-13-21)25(30)28-20-10-8-19(9-11-20)27-24(29)16-17-5-14-22(32-2)23(15-17)33-3/h5-15H,4,16H2,1-3H3,(H,27,29)(H,28,30). The molecule has 9 nitrogen and oxygen atoms in total. The van der Waals surface area contributed by atoms with Crippen LogP contribution < -0.4 is 24.8 Å². The Labute approximate surface area is 203 Å². The number of amides is 2. The zero-order valence-corrected chi connectivity index (χ0v) is 19.6. The second-order valence-electron chi connectivity index (χ2n) is 7.26. The zero-order chi connectivity index (χ0) is 25.2. The minimum atomic E-state index is -0.805. The summed E-state index contributed by atoms with van der Waals surface area (Å²) in [7, 11) is 3.09. The first kappa shape index (κ1) is 25.1.